The third kappa shape index (κ3) is 38.3. The lowest BCUT2D eigenvalue weighted by Crippen LogP contribution is -2.55. The Morgan fingerprint density at radius 3 is 1.40 bits per heavy atom. The molecule has 0 aromatic carbocycles. The number of rotatable bonds is 40. The molecule has 0 rings (SSSR count). The van der Waals surface area contributed by atoms with Crippen LogP contribution in [0.1, 0.15) is 181 Å². The van der Waals surface area contributed by atoms with Gasteiger partial charge in [0.1, 0.15) is 12.6 Å². The minimum absolute atomic E-state index is 0.0226. The molecular formula is C49H85NO7. The van der Waals surface area contributed by atoms with Crippen LogP contribution in [0.2, 0.25) is 0 Å². The van der Waals surface area contributed by atoms with Crippen LogP contribution in [-0.4, -0.2) is 75.5 Å². The van der Waals surface area contributed by atoms with Crippen LogP contribution in [0.25, 0.3) is 0 Å². The first kappa shape index (κ1) is 54.0. The van der Waals surface area contributed by atoms with Gasteiger partial charge in [-0.15, -0.1) is 0 Å². The van der Waals surface area contributed by atoms with E-state index in [1.54, 1.807) is 21.1 Å². The van der Waals surface area contributed by atoms with Gasteiger partial charge < -0.3 is 28.6 Å². The maximum Gasteiger partial charge on any atom is 0.306 e. The van der Waals surface area contributed by atoms with Crippen molar-refractivity contribution in [2.24, 2.45) is 0 Å². The molecule has 0 bridgehead atoms. The lowest BCUT2D eigenvalue weighted by Gasteiger charge is -2.34. The van der Waals surface area contributed by atoms with E-state index in [-0.39, 0.29) is 49.1 Å². The lowest BCUT2D eigenvalue weighted by molar-refractivity contribution is -0.889. The molecule has 328 valence electrons. The summed E-state index contributed by atoms with van der Waals surface area (Å²) in [6.07, 6.45) is 48.2. The number of hydrogen-bond donors (Lipinski definition) is 0. The van der Waals surface area contributed by atoms with Crippen molar-refractivity contribution in [1.29, 1.82) is 0 Å². The molecule has 0 aliphatic heterocycles. The molecule has 8 nitrogen and oxygen atoms in total. The minimum Gasteiger partial charge on any atom is -0.544 e. The summed E-state index contributed by atoms with van der Waals surface area (Å²) in [4.78, 5) is 36.8. The maximum absolute atomic E-state index is 12.7. The molecule has 2 atom stereocenters. The van der Waals surface area contributed by atoms with E-state index in [0.29, 0.717) is 12.8 Å². The largest absolute Gasteiger partial charge is 0.544 e. The van der Waals surface area contributed by atoms with Crippen molar-refractivity contribution in [2.45, 2.75) is 193 Å². The fourth-order valence-electron chi connectivity index (χ4n) is 6.32. The normalized spacial score (nSPS) is 13.5. The third-order valence-corrected chi connectivity index (χ3v) is 9.91. The summed E-state index contributed by atoms with van der Waals surface area (Å²) in [7, 11) is 5.39. The average molecular weight is 800 g/mol. The van der Waals surface area contributed by atoms with Crippen molar-refractivity contribution < 1.29 is 38.2 Å². The molecule has 8 heteroatoms. The number of unbranched alkanes of at least 4 members (excludes halogenated alkanes) is 16. The molecule has 0 spiro atoms. The summed E-state index contributed by atoms with van der Waals surface area (Å²) in [5, 5.41) is 11.6. The maximum atomic E-state index is 12.7. The monoisotopic (exact) mass is 800 g/mol. The number of ether oxygens (including phenoxy) is 3. The summed E-state index contributed by atoms with van der Waals surface area (Å²) in [6, 6.07) is -0.734. The van der Waals surface area contributed by atoms with Crippen LogP contribution in [0.3, 0.4) is 0 Å². The molecule has 0 N–H and O–H groups in total. The first-order valence-electron chi connectivity index (χ1n) is 22.8. The van der Waals surface area contributed by atoms with Crippen LogP contribution >= 0.6 is 0 Å². The number of allylic oxidation sites excluding steroid dienone is 10. The minimum atomic E-state index is -1.13. The number of aliphatic carboxylic acids is 1. The van der Waals surface area contributed by atoms with Crippen molar-refractivity contribution in [1.82, 2.24) is 0 Å². The highest BCUT2D eigenvalue weighted by atomic mass is 16.6. The van der Waals surface area contributed by atoms with Gasteiger partial charge in [0.15, 0.2) is 6.10 Å². The topological polar surface area (TPSA) is 102 Å². The summed E-state index contributed by atoms with van der Waals surface area (Å²) in [5.74, 6) is -1.79. The zero-order chi connectivity index (χ0) is 42.1. The van der Waals surface area contributed by atoms with Gasteiger partial charge in [0.2, 0.25) is 0 Å². The van der Waals surface area contributed by atoms with Crippen LogP contribution in [0.5, 0.6) is 0 Å². The van der Waals surface area contributed by atoms with E-state index in [4.69, 9.17) is 14.2 Å². The van der Waals surface area contributed by atoms with Gasteiger partial charge in [-0.3, -0.25) is 9.59 Å². The van der Waals surface area contributed by atoms with E-state index in [1.165, 1.54) is 83.5 Å². The number of likely N-dealkylation sites (N-methyl/N-ethyl adjacent to an activating group) is 1. The molecule has 0 aliphatic rings. The number of hydrogen-bond acceptors (Lipinski definition) is 7. The molecule has 0 heterocycles. The summed E-state index contributed by atoms with van der Waals surface area (Å²) in [6.45, 7) is 4.58. The molecule has 0 fully saturated rings. The third-order valence-electron chi connectivity index (χ3n) is 9.91. The Morgan fingerprint density at radius 2 is 0.930 bits per heavy atom. The predicted octanol–water partition coefficient (Wildman–Crippen LogP) is 11.2. The van der Waals surface area contributed by atoms with Gasteiger partial charge in [0.05, 0.1) is 40.3 Å². The zero-order valence-electron chi connectivity index (χ0n) is 37.2. The van der Waals surface area contributed by atoms with E-state index >= 15 is 0 Å². The van der Waals surface area contributed by atoms with E-state index < -0.39 is 18.1 Å². The van der Waals surface area contributed by atoms with Crippen molar-refractivity contribution in [3.05, 3.63) is 60.8 Å². The highest BCUT2D eigenvalue weighted by Crippen LogP contribution is 2.14. The molecule has 57 heavy (non-hydrogen) atoms. The number of carboxylic acid groups (broad SMARTS) is 1. The first-order valence-corrected chi connectivity index (χ1v) is 22.8. The van der Waals surface area contributed by atoms with Gasteiger partial charge in [-0.05, 0) is 64.2 Å². The van der Waals surface area contributed by atoms with E-state index in [0.717, 1.165) is 57.8 Å². The number of carbonyl (C=O) groups is 3. The van der Waals surface area contributed by atoms with Crippen LogP contribution in [0, 0.1) is 0 Å². The highest BCUT2D eigenvalue weighted by molar-refractivity contribution is 5.70. The van der Waals surface area contributed by atoms with Crippen molar-refractivity contribution in [2.75, 3.05) is 41.0 Å². The smallest absolute Gasteiger partial charge is 0.306 e. The van der Waals surface area contributed by atoms with Crippen LogP contribution in [-0.2, 0) is 28.6 Å². The van der Waals surface area contributed by atoms with Crippen LogP contribution in [0.4, 0.5) is 0 Å². The SMILES string of the molecule is CCCCC/C=C/C/C=C/C/C=C/C/C=C/C/C=C/CCCCC(=O)OC(COCCC(C(=O)[O-])[N+](C)(C)C)COC(=O)CCCCCCCCCCCCCC. The molecule has 0 amide bonds. The fourth-order valence-corrected chi connectivity index (χ4v) is 6.32. The molecule has 0 radical (unpaired) electrons. The Hall–Kier alpha value is -2.97. The van der Waals surface area contributed by atoms with Gasteiger partial charge >= 0.3 is 11.9 Å². The summed E-state index contributed by atoms with van der Waals surface area (Å²) < 4.78 is 17.1. The Morgan fingerprint density at radius 1 is 0.526 bits per heavy atom. The van der Waals surface area contributed by atoms with E-state index in [9.17, 15) is 19.5 Å². The number of quaternary nitrogens is 1. The highest BCUT2D eigenvalue weighted by Gasteiger charge is 2.25. The Labute approximate surface area is 349 Å². The van der Waals surface area contributed by atoms with Crippen LogP contribution in [0.15, 0.2) is 60.8 Å². The second-order valence-corrected chi connectivity index (χ2v) is 16.3. The molecule has 0 saturated carbocycles. The number of carbonyl (C=O) groups excluding carboxylic acids is 3. The average Bonchev–Trinajstić information content (AvgIpc) is 3.17. The van der Waals surface area contributed by atoms with Gasteiger partial charge in [0.25, 0.3) is 0 Å². The van der Waals surface area contributed by atoms with Crippen molar-refractivity contribution in [3.8, 4) is 0 Å². The molecule has 0 aliphatic carbocycles. The molecular weight excluding hydrogens is 715 g/mol. The molecule has 0 aromatic rings. The Kier molecular flexibility index (Phi) is 37.8. The second-order valence-electron chi connectivity index (χ2n) is 16.3. The van der Waals surface area contributed by atoms with Gasteiger partial charge in [-0.2, -0.15) is 0 Å². The number of esters is 2. The Bertz CT molecular complexity index is 1120. The van der Waals surface area contributed by atoms with E-state index in [2.05, 4.69) is 74.6 Å². The summed E-state index contributed by atoms with van der Waals surface area (Å²) in [5.41, 5.74) is 0. The van der Waals surface area contributed by atoms with Gasteiger partial charge in [0, 0.05) is 19.3 Å². The molecule has 0 aromatic heterocycles. The Balaban J connectivity index is 4.41. The van der Waals surface area contributed by atoms with Crippen molar-refractivity contribution in [3.63, 3.8) is 0 Å². The number of carboxylic acids is 1. The zero-order valence-corrected chi connectivity index (χ0v) is 37.2. The fraction of sp³-hybridized carbons (Fsp3) is 0.735. The van der Waals surface area contributed by atoms with Gasteiger partial charge in [-0.1, -0.05) is 158 Å². The predicted molar refractivity (Wildman–Crippen MR) is 236 cm³/mol. The molecule has 0 saturated heterocycles. The first-order chi connectivity index (χ1) is 27.6. The van der Waals surface area contributed by atoms with Crippen molar-refractivity contribution >= 4 is 17.9 Å². The van der Waals surface area contributed by atoms with Crippen LogP contribution < -0.4 is 5.11 Å². The standard InChI is InChI=1S/C49H85NO7/c1-6-8-10-12-14-16-18-20-21-22-23-24-25-26-27-28-30-32-34-36-38-40-48(52)57-45(43-55-42-41-46(49(53)54)50(3,4)5)44-56-47(51)39-37-35-33-31-29-19-17-15-13-11-9-7-2/h14,16,20-21,23-24,26-27,30,32,45-46H,6-13,15,17-19,22,25,28-29,31,33-44H2,1-5H3/b16-14+,21-20+,24-23+,27-26+,32-30+. The molecule has 2 unspecified atom stereocenters. The van der Waals surface area contributed by atoms with E-state index in [1.807, 2.05) is 0 Å². The number of nitrogens with zero attached hydrogens (tertiary/aromatic N) is 1. The lowest BCUT2D eigenvalue weighted by atomic mass is 10.0. The summed E-state index contributed by atoms with van der Waals surface area (Å²) >= 11 is 0. The second kappa shape index (κ2) is 39.8. The van der Waals surface area contributed by atoms with Gasteiger partial charge in [-0.25, -0.2) is 0 Å². The quantitative estimate of drug-likeness (QED) is 0.0263.